The SMILES string of the molecule is CCOc1ccc([C@@H](O)CN)cc1OC. The summed E-state index contributed by atoms with van der Waals surface area (Å²) in [5.41, 5.74) is 6.10. The van der Waals surface area contributed by atoms with E-state index in [1.54, 1.807) is 25.3 Å². The van der Waals surface area contributed by atoms with E-state index in [0.717, 1.165) is 5.56 Å². The topological polar surface area (TPSA) is 64.7 Å². The Balaban J connectivity index is 2.96. The van der Waals surface area contributed by atoms with E-state index in [1.165, 1.54) is 0 Å². The first-order valence-electron chi connectivity index (χ1n) is 4.91. The zero-order chi connectivity index (χ0) is 11.3. The van der Waals surface area contributed by atoms with Gasteiger partial charge < -0.3 is 20.3 Å². The maximum Gasteiger partial charge on any atom is 0.161 e. The molecule has 0 saturated heterocycles. The molecule has 0 aromatic heterocycles. The Morgan fingerprint density at radius 3 is 2.67 bits per heavy atom. The van der Waals surface area contributed by atoms with Gasteiger partial charge in [0.1, 0.15) is 0 Å². The molecule has 84 valence electrons. The third-order valence-corrected chi connectivity index (χ3v) is 2.10. The van der Waals surface area contributed by atoms with Crippen LogP contribution in [0.25, 0.3) is 0 Å². The second kappa shape index (κ2) is 5.58. The van der Waals surface area contributed by atoms with Crippen molar-refractivity contribution in [3.8, 4) is 11.5 Å². The molecule has 15 heavy (non-hydrogen) atoms. The Bertz CT molecular complexity index is 315. The molecule has 0 spiro atoms. The summed E-state index contributed by atoms with van der Waals surface area (Å²) < 4.78 is 10.5. The summed E-state index contributed by atoms with van der Waals surface area (Å²) in [6.07, 6.45) is -0.658. The van der Waals surface area contributed by atoms with E-state index in [4.69, 9.17) is 15.2 Å². The fourth-order valence-corrected chi connectivity index (χ4v) is 1.30. The predicted molar refractivity (Wildman–Crippen MR) is 58.2 cm³/mol. The molecule has 3 N–H and O–H groups in total. The van der Waals surface area contributed by atoms with Gasteiger partial charge in [-0.05, 0) is 24.6 Å². The van der Waals surface area contributed by atoms with Gasteiger partial charge in [0.05, 0.1) is 19.8 Å². The molecule has 0 bridgehead atoms. The lowest BCUT2D eigenvalue weighted by molar-refractivity contribution is 0.186. The standard InChI is InChI=1S/C11H17NO3/c1-3-15-10-5-4-8(9(13)7-12)6-11(10)14-2/h4-6,9,13H,3,7,12H2,1-2H3/t9-/m0/s1. The highest BCUT2D eigenvalue weighted by Gasteiger charge is 2.10. The predicted octanol–water partition coefficient (Wildman–Crippen LogP) is 1.09. The van der Waals surface area contributed by atoms with E-state index >= 15 is 0 Å². The minimum Gasteiger partial charge on any atom is -0.493 e. The molecule has 0 aliphatic carbocycles. The highest BCUT2D eigenvalue weighted by atomic mass is 16.5. The van der Waals surface area contributed by atoms with Crippen molar-refractivity contribution in [3.05, 3.63) is 23.8 Å². The van der Waals surface area contributed by atoms with Crippen LogP contribution in [-0.2, 0) is 0 Å². The summed E-state index contributed by atoms with van der Waals surface area (Å²) in [6, 6.07) is 5.30. The molecular weight excluding hydrogens is 194 g/mol. The lowest BCUT2D eigenvalue weighted by Crippen LogP contribution is -2.11. The van der Waals surface area contributed by atoms with Crippen molar-refractivity contribution >= 4 is 0 Å². The fourth-order valence-electron chi connectivity index (χ4n) is 1.30. The zero-order valence-electron chi connectivity index (χ0n) is 9.06. The number of methoxy groups -OCH3 is 1. The van der Waals surface area contributed by atoms with Crippen LogP contribution in [0, 0.1) is 0 Å². The first kappa shape index (κ1) is 11.8. The van der Waals surface area contributed by atoms with Gasteiger partial charge >= 0.3 is 0 Å². The van der Waals surface area contributed by atoms with Gasteiger partial charge in [-0.3, -0.25) is 0 Å². The molecule has 1 aromatic carbocycles. The van der Waals surface area contributed by atoms with Gasteiger partial charge in [0, 0.05) is 6.54 Å². The lowest BCUT2D eigenvalue weighted by atomic mass is 10.1. The number of ether oxygens (including phenoxy) is 2. The van der Waals surface area contributed by atoms with Crippen LogP contribution in [0.1, 0.15) is 18.6 Å². The van der Waals surface area contributed by atoms with Crippen molar-refractivity contribution in [3.63, 3.8) is 0 Å². The Kier molecular flexibility index (Phi) is 4.39. The number of hydrogen-bond donors (Lipinski definition) is 2. The quantitative estimate of drug-likeness (QED) is 0.765. The number of nitrogens with two attached hydrogens (primary N) is 1. The molecule has 1 atom stereocenters. The van der Waals surface area contributed by atoms with Crippen LogP contribution in [0.5, 0.6) is 11.5 Å². The van der Waals surface area contributed by atoms with Crippen LogP contribution >= 0.6 is 0 Å². The minimum atomic E-state index is -0.658. The highest BCUT2D eigenvalue weighted by molar-refractivity contribution is 5.43. The van der Waals surface area contributed by atoms with Gasteiger partial charge in [-0.15, -0.1) is 0 Å². The van der Waals surface area contributed by atoms with Crippen molar-refractivity contribution in [1.29, 1.82) is 0 Å². The van der Waals surface area contributed by atoms with Gasteiger partial charge in [0.25, 0.3) is 0 Å². The Morgan fingerprint density at radius 1 is 1.40 bits per heavy atom. The Morgan fingerprint density at radius 2 is 2.13 bits per heavy atom. The van der Waals surface area contributed by atoms with E-state index in [-0.39, 0.29) is 6.54 Å². The highest BCUT2D eigenvalue weighted by Crippen LogP contribution is 2.29. The monoisotopic (exact) mass is 211 g/mol. The summed E-state index contributed by atoms with van der Waals surface area (Å²) in [4.78, 5) is 0. The molecule has 1 rings (SSSR count). The number of aliphatic hydroxyl groups excluding tert-OH is 1. The van der Waals surface area contributed by atoms with Crippen molar-refractivity contribution in [2.45, 2.75) is 13.0 Å². The summed E-state index contributed by atoms with van der Waals surface area (Å²) in [6.45, 7) is 2.67. The Hall–Kier alpha value is -1.26. The largest absolute Gasteiger partial charge is 0.493 e. The Labute approximate surface area is 89.6 Å². The lowest BCUT2D eigenvalue weighted by Gasteiger charge is -2.13. The number of hydrogen-bond acceptors (Lipinski definition) is 4. The second-order valence-electron chi connectivity index (χ2n) is 3.09. The van der Waals surface area contributed by atoms with Crippen molar-refractivity contribution in [1.82, 2.24) is 0 Å². The summed E-state index contributed by atoms with van der Waals surface area (Å²) in [5, 5.41) is 9.55. The maximum atomic E-state index is 9.55. The number of aliphatic hydroxyl groups is 1. The molecule has 0 saturated carbocycles. The molecule has 1 aromatic rings. The van der Waals surface area contributed by atoms with Crippen LogP contribution in [0.4, 0.5) is 0 Å². The fraction of sp³-hybridized carbons (Fsp3) is 0.455. The third kappa shape index (κ3) is 2.84. The molecular formula is C11H17NO3. The van der Waals surface area contributed by atoms with E-state index < -0.39 is 6.10 Å². The van der Waals surface area contributed by atoms with E-state index in [9.17, 15) is 5.11 Å². The average Bonchev–Trinajstić information content (AvgIpc) is 2.29. The van der Waals surface area contributed by atoms with Crippen LogP contribution in [-0.4, -0.2) is 25.4 Å². The van der Waals surface area contributed by atoms with E-state index in [1.807, 2.05) is 6.92 Å². The minimum absolute atomic E-state index is 0.192. The molecule has 0 unspecified atom stereocenters. The third-order valence-electron chi connectivity index (χ3n) is 2.10. The van der Waals surface area contributed by atoms with E-state index in [0.29, 0.717) is 18.1 Å². The maximum absolute atomic E-state index is 9.55. The molecule has 4 nitrogen and oxygen atoms in total. The number of rotatable bonds is 5. The van der Waals surface area contributed by atoms with Crippen LogP contribution < -0.4 is 15.2 Å². The van der Waals surface area contributed by atoms with Crippen molar-refractivity contribution in [2.24, 2.45) is 5.73 Å². The average molecular weight is 211 g/mol. The van der Waals surface area contributed by atoms with Gasteiger partial charge in [-0.2, -0.15) is 0 Å². The van der Waals surface area contributed by atoms with Crippen LogP contribution in [0.15, 0.2) is 18.2 Å². The molecule has 0 heterocycles. The summed E-state index contributed by atoms with van der Waals surface area (Å²) in [5.74, 6) is 1.29. The first-order valence-corrected chi connectivity index (χ1v) is 4.91. The smallest absolute Gasteiger partial charge is 0.161 e. The normalized spacial score (nSPS) is 12.3. The molecule has 0 aliphatic heterocycles. The molecule has 0 amide bonds. The van der Waals surface area contributed by atoms with Crippen molar-refractivity contribution in [2.75, 3.05) is 20.3 Å². The van der Waals surface area contributed by atoms with Crippen LogP contribution in [0.2, 0.25) is 0 Å². The molecule has 0 aliphatic rings. The molecule has 0 radical (unpaired) electrons. The zero-order valence-corrected chi connectivity index (χ0v) is 9.06. The van der Waals surface area contributed by atoms with Crippen LogP contribution in [0.3, 0.4) is 0 Å². The molecule has 4 heteroatoms. The van der Waals surface area contributed by atoms with E-state index in [2.05, 4.69) is 0 Å². The van der Waals surface area contributed by atoms with Gasteiger partial charge in [0.15, 0.2) is 11.5 Å². The van der Waals surface area contributed by atoms with Gasteiger partial charge in [-0.25, -0.2) is 0 Å². The first-order chi connectivity index (χ1) is 7.22. The van der Waals surface area contributed by atoms with Gasteiger partial charge in [-0.1, -0.05) is 6.07 Å². The van der Waals surface area contributed by atoms with Crippen molar-refractivity contribution < 1.29 is 14.6 Å². The second-order valence-corrected chi connectivity index (χ2v) is 3.09. The summed E-state index contributed by atoms with van der Waals surface area (Å²) >= 11 is 0. The molecule has 0 fully saturated rings. The van der Waals surface area contributed by atoms with Gasteiger partial charge in [0.2, 0.25) is 0 Å². The summed E-state index contributed by atoms with van der Waals surface area (Å²) in [7, 11) is 1.57. The number of benzene rings is 1.